The summed E-state index contributed by atoms with van der Waals surface area (Å²) < 4.78 is 0. The van der Waals surface area contributed by atoms with E-state index in [4.69, 9.17) is 0 Å². The maximum absolute atomic E-state index is 11.7. The van der Waals surface area contributed by atoms with Crippen molar-refractivity contribution in [2.24, 2.45) is 10.4 Å². The van der Waals surface area contributed by atoms with Gasteiger partial charge in [0.15, 0.2) is 5.96 Å². The second-order valence-corrected chi connectivity index (χ2v) is 6.66. The standard InChI is InChI=1S/C18H30N4O/c1-6-19-17(20-13-16(23)22(4)5)21-14-18(2,3)12-15-10-8-7-9-11-15/h7-11H,6,12-14H2,1-5H3,(H2,19,20,21). The quantitative estimate of drug-likeness (QED) is 0.596. The number of carbonyl (C=O) groups excluding carboxylic acids is 1. The van der Waals surface area contributed by atoms with Crippen molar-refractivity contribution >= 4 is 11.9 Å². The van der Waals surface area contributed by atoms with Crippen LogP contribution in [0.1, 0.15) is 26.3 Å². The molecule has 23 heavy (non-hydrogen) atoms. The van der Waals surface area contributed by atoms with E-state index in [1.165, 1.54) is 5.56 Å². The maximum Gasteiger partial charge on any atom is 0.243 e. The summed E-state index contributed by atoms with van der Waals surface area (Å²) in [7, 11) is 3.47. The molecule has 0 aromatic heterocycles. The summed E-state index contributed by atoms with van der Waals surface area (Å²) in [6, 6.07) is 10.5. The molecule has 0 saturated heterocycles. The van der Waals surface area contributed by atoms with Gasteiger partial charge in [-0.1, -0.05) is 44.2 Å². The first kappa shape index (κ1) is 19.0. The van der Waals surface area contributed by atoms with Gasteiger partial charge in [-0.25, -0.2) is 4.99 Å². The topological polar surface area (TPSA) is 56.7 Å². The number of nitrogens with zero attached hydrogens (tertiary/aromatic N) is 2. The Morgan fingerprint density at radius 3 is 2.39 bits per heavy atom. The molecule has 0 spiro atoms. The second-order valence-electron chi connectivity index (χ2n) is 6.66. The van der Waals surface area contributed by atoms with Crippen molar-refractivity contribution in [1.82, 2.24) is 15.5 Å². The first-order valence-corrected chi connectivity index (χ1v) is 8.10. The lowest BCUT2D eigenvalue weighted by Crippen LogP contribution is -2.43. The molecule has 1 aromatic carbocycles. The van der Waals surface area contributed by atoms with Crippen molar-refractivity contribution in [3.8, 4) is 0 Å². The zero-order chi connectivity index (χ0) is 17.3. The smallest absolute Gasteiger partial charge is 0.243 e. The van der Waals surface area contributed by atoms with Crippen molar-refractivity contribution < 1.29 is 4.79 Å². The van der Waals surface area contributed by atoms with Crippen LogP contribution in [0.25, 0.3) is 0 Å². The highest BCUT2D eigenvalue weighted by Gasteiger charge is 2.19. The largest absolute Gasteiger partial charge is 0.357 e. The lowest BCUT2D eigenvalue weighted by molar-refractivity contribution is -0.127. The fourth-order valence-electron chi connectivity index (χ4n) is 2.16. The summed E-state index contributed by atoms with van der Waals surface area (Å²) >= 11 is 0. The number of hydrogen-bond acceptors (Lipinski definition) is 2. The minimum absolute atomic E-state index is 0.00857. The Balaban J connectivity index is 2.59. The van der Waals surface area contributed by atoms with Crippen LogP contribution in [0.15, 0.2) is 35.3 Å². The van der Waals surface area contributed by atoms with Gasteiger partial charge in [-0.05, 0) is 24.3 Å². The number of rotatable bonds is 7. The van der Waals surface area contributed by atoms with Gasteiger partial charge in [-0.2, -0.15) is 0 Å². The van der Waals surface area contributed by atoms with Crippen LogP contribution in [0.4, 0.5) is 0 Å². The van der Waals surface area contributed by atoms with E-state index >= 15 is 0 Å². The minimum Gasteiger partial charge on any atom is -0.357 e. The van der Waals surface area contributed by atoms with Crippen molar-refractivity contribution in [3.05, 3.63) is 35.9 Å². The third kappa shape index (κ3) is 7.68. The molecule has 5 nitrogen and oxygen atoms in total. The van der Waals surface area contributed by atoms with E-state index in [2.05, 4.69) is 53.7 Å². The zero-order valence-electron chi connectivity index (χ0n) is 15.0. The molecule has 0 fully saturated rings. The van der Waals surface area contributed by atoms with Crippen molar-refractivity contribution in [3.63, 3.8) is 0 Å². The molecule has 2 N–H and O–H groups in total. The predicted octanol–water partition coefficient (Wildman–Crippen LogP) is 1.90. The van der Waals surface area contributed by atoms with Crippen LogP contribution in [0.2, 0.25) is 0 Å². The van der Waals surface area contributed by atoms with Gasteiger partial charge in [0.05, 0.1) is 0 Å². The lowest BCUT2D eigenvalue weighted by atomic mass is 9.86. The normalized spacial score (nSPS) is 12.0. The Morgan fingerprint density at radius 2 is 1.83 bits per heavy atom. The van der Waals surface area contributed by atoms with E-state index in [1.807, 2.05) is 13.0 Å². The molecule has 0 saturated carbocycles. The molecule has 0 aliphatic heterocycles. The summed E-state index contributed by atoms with van der Waals surface area (Å²) in [5.41, 5.74) is 1.41. The van der Waals surface area contributed by atoms with E-state index in [0.717, 1.165) is 19.5 Å². The summed E-state index contributed by atoms with van der Waals surface area (Å²) in [6.45, 7) is 8.16. The number of carbonyl (C=O) groups is 1. The molecule has 0 heterocycles. The van der Waals surface area contributed by atoms with Gasteiger partial charge in [-0.15, -0.1) is 0 Å². The lowest BCUT2D eigenvalue weighted by Gasteiger charge is -2.26. The van der Waals surface area contributed by atoms with Crippen LogP contribution >= 0.6 is 0 Å². The van der Waals surface area contributed by atoms with Crippen LogP contribution < -0.4 is 10.6 Å². The highest BCUT2D eigenvalue weighted by molar-refractivity contribution is 5.84. The minimum atomic E-state index is -0.00857. The molecule has 0 radical (unpaired) electrons. The van der Waals surface area contributed by atoms with E-state index in [9.17, 15) is 4.79 Å². The van der Waals surface area contributed by atoms with Gasteiger partial charge in [0.1, 0.15) is 6.54 Å². The number of hydrogen-bond donors (Lipinski definition) is 2. The zero-order valence-corrected chi connectivity index (χ0v) is 15.0. The fourth-order valence-corrected chi connectivity index (χ4v) is 2.16. The number of likely N-dealkylation sites (N-methyl/N-ethyl adjacent to an activating group) is 1. The highest BCUT2D eigenvalue weighted by Crippen LogP contribution is 2.20. The summed E-state index contributed by atoms with van der Waals surface area (Å²) in [4.78, 5) is 17.6. The molecule has 1 aromatic rings. The molecule has 1 amide bonds. The molecular weight excluding hydrogens is 288 g/mol. The second kappa shape index (κ2) is 9.18. The van der Waals surface area contributed by atoms with Crippen LogP contribution in [-0.2, 0) is 11.2 Å². The molecule has 1 rings (SSSR count). The Hall–Kier alpha value is -2.04. The maximum atomic E-state index is 11.7. The monoisotopic (exact) mass is 318 g/mol. The number of amides is 1. The Bertz CT molecular complexity index is 509. The third-order valence-corrected chi connectivity index (χ3v) is 3.48. The summed E-state index contributed by atoms with van der Waals surface area (Å²) in [6.07, 6.45) is 0.983. The first-order chi connectivity index (χ1) is 10.8. The van der Waals surface area contributed by atoms with Crippen molar-refractivity contribution in [1.29, 1.82) is 0 Å². The fraction of sp³-hybridized carbons (Fsp3) is 0.556. The van der Waals surface area contributed by atoms with Crippen molar-refractivity contribution in [2.45, 2.75) is 27.2 Å². The van der Waals surface area contributed by atoms with Gasteiger partial charge >= 0.3 is 0 Å². The van der Waals surface area contributed by atoms with Crippen LogP contribution in [0, 0.1) is 5.41 Å². The molecular formula is C18H30N4O. The Kier molecular flexibility index (Phi) is 7.59. The summed E-state index contributed by atoms with van der Waals surface area (Å²) in [5.74, 6) is 0.676. The summed E-state index contributed by atoms with van der Waals surface area (Å²) in [5, 5.41) is 6.53. The average molecular weight is 318 g/mol. The van der Waals surface area contributed by atoms with Crippen molar-refractivity contribution in [2.75, 3.05) is 33.7 Å². The molecule has 0 aliphatic rings. The molecule has 0 bridgehead atoms. The predicted molar refractivity (Wildman–Crippen MR) is 96.6 cm³/mol. The van der Waals surface area contributed by atoms with Gasteiger partial charge in [-0.3, -0.25) is 4.79 Å². The number of benzene rings is 1. The van der Waals surface area contributed by atoms with Gasteiger partial charge in [0, 0.05) is 27.2 Å². The molecule has 5 heteroatoms. The average Bonchev–Trinajstić information content (AvgIpc) is 2.50. The van der Waals surface area contributed by atoms with E-state index < -0.39 is 0 Å². The van der Waals surface area contributed by atoms with E-state index in [-0.39, 0.29) is 17.9 Å². The first-order valence-electron chi connectivity index (χ1n) is 8.10. The highest BCUT2D eigenvalue weighted by atomic mass is 16.2. The van der Waals surface area contributed by atoms with Crippen LogP contribution in [0.5, 0.6) is 0 Å². The molecule has 128 valence electrons. The van der Waals surface area contributed by atoms with Crippen LogP contribution in [-0.4, -0.2) is 50.5 Å². The number of aliphatic imine (C=N–C) groups is 1. The Morgan fingerprint density at radius 1 is 1.17 bits per heavy atom. The van der Waals surface area contributed by atoms with Gasteiger partial charge in [0.25, 0.3) is 0 Å². The SMILES string of the molecule is CCNC(=NCC(=O)N(C)C)NCC(C)(C)Cc1ccccc1. The van der Waals surface area contributed by atoms with Crippen LogP contribution in [0.3, 0.4) is 0 Å². The van der Waals surface area contributed by atoms with E-state index in [1.54, 1.807) is 19.0 Å². The molecule has 0 atom stereocenters. The number of nitrogens with one attached hydrogen (secondary N) is 2. The third-order valence-electron chi connectivity index (χ3n) is 3.48. The van der Waals surface area contributed by atoms with Gasteiger partial charge in [0.2, 0.25) is 5.91 Å². The molecule has 0 unspecified atom stereocenters. The molecule has 0 aliphatic carbocycles. The Labute approximate surface area is 140 Å². The number of guanidine groups is 1. The van der Waals surface area contributed by atoms with E-state index in [0.29, 0.717) is 5.96 Å². The van der Waals surface area contributed by atoms with Gasteiger partial charge < -0.3 is 15.5 Å².